The van der Waals surface area contributed by atoms with Crippen LogP contribution in [0.2, 0.25) is 0 Å². The molecular weight excluding hydrogens is 264 g/mol. The zero-order valence-electron chi connectivity index (χ0n) is 13.2. The lowest BCUT2D eigenvalue weighted by Crippen LogP contribution is -2.36. The van der Waals surface area contributed by atoms with Crippen LogP contribution in [0.5, 0.6) is 0 Å². The Morgan fingerprint density at radius 2 is 2.00 bits per heavy atom. The van der Waals surface area contributed by atoms with Gasteiger partial charge in [0.1, 0.15) is 0 Å². The van der Waals surface area contributed by atoms with Gasteiger partial charge in [-0.1, -0.05) is 13.8 Å². The lowest BCUT2D eigenvalue weighted by Gasteiger charge is -2.36. The van der Waals surface area contributed by atoms with Gasteiger partial charge >= 0.3 is 0 Å². The van der Waals surface area contributed by atoms with E-state index in [0.717, 1.165) is 19.1 Å². The van der Waals surface area contributed by atoms with Crippen LogP contribution in [-0.4, -0.2) is 24.0 Å². The Bertz CT molecular complexity index is 450. The molecule has 0 unspecified atom stereocenters. The number of piperidine rings is 1. The van der Waals surface area contributed by atoms with Crippen LogP contribution < -0.4 is 5.32 Å². The molecule has 3 heteroatoms. The van der Waals surface area contributed by atoms with Gasteiger partial charge in [-0.25, -0.2) is 0 Å². The third-order valence-corrected chi connectivity index (χ3v) is 5.91. The van der Waals surface area contributed by atoms with Gasteiger partial charge in [0.25, 0.3) is 0 Å². The van der Waals surface area contributed by atoms with Gasteiger partial charge in [0.05, 0.1) is 0 Å². The Morgan fingerprint density at radius 1 is 1.30 bits per heavy atom. The number of aryl methyl sites for hydroxylation is 1. The zero-order valence-corrected chi connectivity index (χ0v) is 14.0. The highest BCUT2D eigenvalue weighted by molar-refractivity contribution is 7.12. The molecule has 1 aromatic rings. The van der Waals surface area contributed by atoms with Gasteiger partial charge in [-0.15, -0.1) is 11.3 Å². The summed E-state index contributed by atoms with van der Waals surface area (Å²) in [6.45, 7) is 11.8. The molecule has 1 saturated heterocycles. The van der Waals surface area contributed by atoms with Gasteiger partial charge in [-0.05, 0) is 62.7 Å². The largest absolute Gasteiger partial charge is 0.309 e. The molecule has 20 heavy (non-hydrogen) atoms. The van der Waals surface area contributed by atoms with Gasteiger partial charge in [0.15, 0.2) is 0 Å². The van der Waals surface area contributed by atoms with Crippen molar-refractivity contribution in [1.82, 2.24) is 10.2 Å². The van der Waals surface area contributed by atoms with Crippen LogP contribution in [0.3, 0.4) is 0 Å². The fourth-order valence-electron chi connectivity index (χ4n) is 2.92. The van der Waals surface area contributed by atoms with Crippen molar-refractivity contribution in [3.05, 3.63) is 21.4 Å². The Hall–Kier alpha value is -0.380. The number of thiophene rings is 1. The molecule has 0 atom stereocenters. The highest BCUT2D eigenvalue weighted by Gasteiger charge is 2.26. The van der Waals surface area contributed by atoms with Crippen molar-refractivity contribution in [2.24, 2.45) is 5.41 Å². The molecule has 1 aliphatic heterocycles. The summed E-state index contributed by atoms with van der Waals surface area (Å²) >= 11 is 1.98. The zero-order chi connectivity index (χ0) is 14.2. The number of nitrogens with zero attached hydrogens (tertiary/aromatic N) is 1. The predicted molar refractivity (Wildman–Crippen MR) is 87.2 cm³/mol. The average molecular weight is 292 g/mol. The van der Waals surface area contributed by atoms with Crippen LogP contribution in [0.4, 0.5) is 0 Å². The second-order valence-corrected chi connectivity index (χ2v) is 8.73. The van der Waals surface area contributed by atoms with Crippen LogP contribution in [-0.2, 0) is 13.1 Å². The van der Waals surface area contributed by atoms with E-state index >= 15 is 0 Å². The Balaban J connectivity index is 1.54. The van der Waals surface area contributed by atoms with Crippen molar-refractivity contribution in [3.63, 3.8) is 0 Å². The van der Waals surface area contributed by atoms with E-state index in [2.05, 4.69) is 37.1 Å². The molecule has 3 rings (SSSR count). The first-order valence-corrected chi connectivity index (χ1v) is 8.87. The van der Waals surface area contributed by atoms with Crippen molar-refractivity contribution < 1.29 is 0 Å². The smallest absolute Gasteiger partial charge is 0.0302 e. The lowest BCUT2D eigenvalue weighted by atomic mass is 9.82. The van der Waals surface area contributed by atoms with E-state index in [0.29, 0.717) is 5.41 Å². The summed E-state index contributed by atoms with van der Waals surface area (Å²) in [7, 11) is 0. The van der Waals surface area contributed by atoms with Gasteiger partial charge in [0.2, 0.25) is 0 Å². The van der Waals surface area contributed by atoms with Crippen molar-refractivity contribution in [3.8, 4) is 0 Å². The Morgan fingerprint density at radius 3 is 2.65 bits per heavy atom. The Labute approximate surface area is 127 Å². The molecule has 1 saturated carbocycles. The minimum absolute atomic E-state index is 0.555. The van der Waals surface area contributed by atoms with Crippen molar-refractivity contribution in [2.45, 2.75) is 65.6 Å². The first-order valence-electron chi connectivity index (χ1n) is 8.06. The lowest BCUT2D eigenvalue weighted by molar-refractivity contribution is 0.127. The van der Waals surface area contributed by atoms with E-state index < -0.39 is 0 Å². The molecule has 0 bridgehead atoms. The number of hydrogen-bond acceptors (Lipinski definition) is 3. The first kappa shape index (κ1) is 14.6. The molecule has 1 aromatic heterocycles. The van der Waals surface area contributed by atoms with Crippen molar-refractivity contribution in [1.29, 1.82) is 0 Å². The molecule has 0 radical (unpaired) electrons. The maximum absolute atomic E-state index is 3.62. The second kappa shape index (κ2) is 5.78. The normalized spacial score (nSPS) is 23.1. The van der Waals surface area contributed by atoms with Gasteiger partial charge in [-0.2, -0.15) is 0 Å². The average Bonchev–Trinajstić information content (AvgIpc) is 3.15. The molecule has 0 spiro atoms. The van der Waals surface area contributed by atoms with Gasteiger partial charge in [0, 0.05) is 28.9 Å². The van der Waals surface area contributed by atoms with E-state index in [4.69, 9.17) is 0 Å². The first-order chi connectivity index (χ1) is 9.52. The van der Waals surface area contributed by atoms with E-state index in [1.807, 2.05) is 11.3 Å². The van der Waals surface area contributed by atoms with Crippen molar-refractivity contribution in [2.75, 3.05) is 13.1 Å². The summed E-state index contributed by atoms with van der Waals surface area (Å²) < 4.78 is 0. The van der Waals surface area contributed by atoms with E-state index in [1.54, 1.807) is 5.56 Å². The van der Waals surface area contributed by atoms with E-state index in [9.17, 15) is 0 Å². The van der Waals surface area contributed by atoms with Crippen LogP contribution in [0.25, 0.3) is 0 Å². The minimum Gasteiger partial charge on any atom is -0.309 e. The quantitative estimate of drug-likeness (QED) is 0.884. The summed E-state index contributed by atoms with van der Waals surface area (Å²) in [5.74, 6) is 0. The molecule has 1 N–H and O–H groups in total. The minimum atomic E-state index is 0.555. The van der Waals surface area contributed by atoms with Crippen LogP contribution in [0.1, 0.15) is 54.8 Å². The molecule has 112 valence electrons. The molecule has 1 aliphatic carbocycles. The molecule has 0 amide bonds. The summed E-state index contributed by atoms with van der Waals surface area (Å²) in [5.41, 5.74) is 2.11. The highest BCUT2D eigenvalue weighted by Crippen LogP contribution is 2.31. The molecule has 2 aliphatic rings. The maximum Gasteiger partial charge on any atom is 0.0302 e. The fourth-order valence-corrected chi connectivity index (χ4v) is 3.93. The van der Waals surface area contributed by atoms with E-state index in [1.165, 1.54) is 48.5 Å². The van der Waals surface area contributed by atoms with Gasteiger partial charge in [-0.3, -0.25) is 4.90 Å². The number of likely N-dealkylation sites (tertiary alicyclic amines) is 1. The monoisotopic (exact) mass is 292 g/mol. The van der Waals surface area contributed by atoms with E-state index in [-0.39, 0.29) is 0 Å². The summed E-state index contributed by atoms with van der Waals surface area (Å²) in [6.07, 6.45) is 5.43. The molecule has 2 heterocycles. The molecular formula is C17H28N2S. The standard InChI is InChI=1S/C17H28N2S/c1-13-14(10-16(20-13)11-18-15-4-5-15)12-19-8-6-17(2,3)7-9-19/h10,15,18H,4-9,11-12H2,1-3H3. The van der Waals surface area contributed by atoms with Crippen LogP contribution in [0.15, 0.2) is 6.07 Å². The molecule has 0 aromatic carbocycles. The van der Waals surface area contributed by atoms with Crippen LogP contribution in [0, 0.1) is 12.3 Å². The third kappa shape index (κ3) is 3.84. The van der Waals surface area contributed by atoms with Gasteiger partial charge < -0.3 is 5.32 Å². The summed E-state index contributed by atoms with van der Waals surface area (Å²) in [5, 5.41) is 3.62. The maximum atomic E-state index is 3.62. The van der Waals surface area contributed by atoms with Crippen LogP contribution >= 0.6 is 11.3 Å². The fraction of sp³-hybridized carbons (Fsp3) is 0.765. The number of nitrogens with one attached hydrogen (secondary N) is 1. The number of rotatable bonds is 5. The predicted octanol–water partition coefficient (Wildman–Crippen LogP) is 3.93. The highest BCUT2D eigenvalue weighted by atomic mass is 32.1. The molecule has 2 fully saturated rings. The summed E-state index contributed by atoms with van der Waals surface area (Å²) in [6, 6.07) is 3.25. The topological polar surface area (TPSA) is 15.3 Å². The third-order valence-electron chi connectivity index (χ3n) is 4.82. The second-order valence-electron chi connectivity index (χ2n) is 7.39. The summed E-state index contributed by atoms with van der Waals surface area (Å²) in [4.78, 5) is 5.67. The molecule has 2 nitrogen and oxygen atoms in total. The number of hydrogen-bond donors (Lipinski definition) is 1. The Kier molecular flexibility index (Phi) is 4.21. The van der Waals surface area contributed by atoms with Crippen molar-refractivity contribution >= 4 is 11.3 Å². The SMILES string of the molecule is Cc1sc(CNC2CC2)cc1CN1CCC(C)(C)CC1.